The molecule has 1 saturated heterocycles. The van der Waals surface area contributed by atoms with Crippen molar-refractivity contribution < 1.29 is 9.59 Å². The molecule has 0 radical (unpaired) electrons. The molecule has 2 amide bonds. The molecule has 1 aliphatic heterocycles. The van der Waals surface area contributed by atoms with Crippen LogP contribution in [0, 0.1) is 5.92 Å². The van der Waals surface area contributed by atoms with Crippen LogP contribution in [0.2, 0.25) is 5.02 Å². The number of nitrogens with one attached hydrogen (secondary N) is 2. The number of likely N-dealkylation sites (tertiary alicyclic amines) is 1. The van der Waals surface area contributed by atoms with Crippen LogP contribution in [0.3, 0.4) is 0 Å². The number of carbonyl (C=O) groups is 2. The summed E-state index contributed by atoms with van der Waals surface area (Å²) in [7, 11) is 0. The van der Waals surface area contributed by atoms with Crippen LogP contribution in [0.25, 0.3) is 0 Å². The van der Waals surface area contributed by atoms with Gasteiger partial charge in [-0.1, -0.05) is 42.8 Å². The fraction of sp³-hybridized carbons (Fsp3) is 0.417. The second-order valence-corrected chi connectivity index (χ2v) is 8.48. The molecule has 1 unspecified atom stereocenters. The van der Waals surface area contributed by atoms with E-state index >= 15 is 0 Å². The van der Waals surface area contributed by atoms with Crippen molar-refractivity contribution in [3.63, 3.8) is 0 Å². The molecule has 1 aliphatic rings. The van der Waals surface area contributed by atoms with Crippen LogP contribution in [0.4, 0.5) is 0 Å². The van der Waals surface area contributed by atoms with Gasteiger partial charge < -0.3 is 10.6 Å². The van der Waals surface area contributed by atoms with Crippen molar-refractivity contribution in [2.45, 2.75) is 39.3 Å². The van der Waals surface area contributed by atoms with E-state index in [0.717, 1.165) is 31.1 Å². The van der Waals surface area contributed by atoms with Gasteiger partial charge in [0.15, 0.2) is 0 Å². The first-order valence-corrected chi connectivity index (χ1v) is 11.0. The molecular weight excluding hydrogens is 398 g/mol. The Morgan fingerprint density at radius 2 is 1.80 bits per heavy atom. The number of rotatable bonds is 8. The van der Waals surface area contributed by atoms with E-state index < -0.39 is 0 Å². The van der Waals surface area contributed by atoms with Crippen molar-refractivity contribution in [2.75, 3.05) is 19.6 Å². The smallest absolute Gasteiger partial charge is 0.251 e. The van der Waals surface area contributed by atoms with Crippen LogP contribution in [-0.2, 0) is 17.9 Å². The quantitative estimate of drug-likeness (QED) is 0.669. The average Bonchev–Trinajstić information content (AvgIpc) is 2.73. The van der Waals surface area contributed by atoms with Gasteiger partial charge in [-0.2, -0.15) is 0 Å². The van der Waals surface area contributed by atoms with E-state index in [-0.39, 0.29) is 18.2 Å². The molecule has 0 spiro atoms. The van der Waals surface area contributed by atoms with Crippen LogP contribution in [0.1, 0.15) is 47.7 Å². The Morgan fingerprint density at radius 3 is 2.53 bits per heavy atom. The third-order valence-corrected chi connectivity index (χ3v) is 5.73. The highest BCUT2D eigenvalue weighted by molar-refractivity contribution is 6.30. The zero-order valence-electron chi connectivity index (χ0n) is 17.5. The Kier molecular flexibility index (Phi) is 8.29. The van der Waals surface area contributed by atoms with E-state index in [2.05, 4.69) is 40.7 Å². The zero-order chi connectivity index (χ0) is 21.3. The Balaban J connectivity index is 1.43. The highest BCUT2D eigenvalue weighted by Gasteiger charge is 2.17. The van der Waals surface area contributed by atoms with Gasteiger partial charge in [-0.05, 0) is 60.7 Å². The van der Waals surface area contributed by atoms with Crippen molar-refractivity contribution in [3.8, 4) is 0 Å². The Bertz CT molecular complexity index is 854. The summed E-state index contributed by atoms with van der Waals surface area (Å²) in [6, 6.07) is 15.0. The summed E-state index contributed by atoms with van der Waals surface area (Å²) in [5.74, 6) is 0.460. The van der Waals surface area contributed by atoms with Gasteiger partial charge in [0.05, 0.1) is 0 Å². The molecule has 1 atom stereocenters. The Labute approximate surface area is 183 Å². The molecule has 2 aromatic carbocycles. The number of hydrogen-bond acceptors (Lipinski definition) is 3. The molecule has 160 valence electrons. The van der Waals surface area contributed by atoms with Crippen LogP contribution in [0.15, 0.2) is 48.5 Å². The van der Waals surface area contributed by atoms with Crippen LogP contribution in [-0.4, -0.2) is 36.3 Å². The molecule has 3 rings (SSSR count). The first-order chi connectivity index (χ1) is 14.5. The first kappa shape index (κ1) is 22.3. The number of piperidine rings is 1. The van der Waals surface area contributed by atoms with E-state index in [1.807, 2.05) is 6.07 Å². The van der Waals surface area contributed by atoms with E-state index in [1.165, 1.54) is 18.4 Å². The Hall–Kier alpha value is -2.37. The Morgan fingerprint density at radius 1 is 1.07 bits per heavy atom. The van der Waals surface area contributed by atoms with Crippen LogP contribution < -0.4 is 10.6 Å². The summed E-state index contributed by atoms with van der Waals surface area (Å²) < 4.78 is 0. The lowest BCUT2D eigenvalue weighted by Crippen LogP contribution is -2.34. The van der Waals surface area contributed by atoms with Crippen LogP contribution >= 0.6 is 11.6 Å². The standard InChI is InChI=1S/C24H30ClN3O2/c1-18-5-4-14-28(16-18)17-21-7-3-2-6-20(21)15-27-23(29)12-13-26-24(30)19-8-10-22(25)11-9-19/h2-3,6-11,18H,4-5,12-17H2,1H3,(H,26,30)(H,27,29). The molecular formula is C24H30ClN3O2. The zero-order valence-corrected chi connectivity index (χ0v) is 18.3. The van der Waals surface area contributed by atoms with Crippen LogP contribution in [0.5, 0.6) is 0 Å². The lowest BCUT2D eigenvalue weighted by Gasteiger charge is -2.31. The highest BCUT2D eigenvalue weighted by atomic mass is 35.5. The monoisotopic (exact) mass is 427 g/mol. The van der Waals surface area contributed by atoms with Gasteiger partial charge in [0.2, 0.25) is 5.91 Å². The third-order valence-electron chi connectivity index (χ3n) is 5.47. The minimum atomic E-state index is -0.208. The maximum atomic E-state index is 12.2. The van der Waals surface area contributed by atoms with Crippen molar-refractivity contribution in [1.82, 2.24) is 15.5 Å². The number of amides is 2. The molecule has 6 heteroatoms. The van der Waals surface area contributed by atoms with E-state index in [0.29, 0.717) is 23.7 Å². The molecule has 30 heavy (non-hydrogen) atoms. The van der Waals surface area contributed by atoms with Gasteiger partial charge in [0, 0.05) is 43.2 Å². The van der Waals surface area contributed by atoms with Gasteiger partial charge in [-0.3, -0.25) is 14.5 Å². The summed E-state index contributed by atoms with van der Waals surface area (Å²) in [5.41, 5.74) is 2.94. The van der Waals surface area contributed by atoms with Gasteiger partial charge in [-0.15, -0.1) is 0 Å². The summed E-state index contributed by atoms with van der Waals surface area (Å²) in [6.07, 6.45) is 2.80. The highest BCUT2D eigenvalue weighted by Crippen LogP contribution is 2.19. The van der Waals surface area contributed by atoms with Gasteiger partial charge in [0.1, 0.15) is 0 Å². The molecule has 0 saturated carbocycles. The second-order valence-electron chi connectivity index (χ2n) is 8.04. The van der Waals surface area contributed by atoms with E-state index in [9.17, 15) is 9.59 Å². The largest absolute Gasteiger partial charge is 0.352 e. The summed E-state index contributed by atoms with van der Waals surface area (Å²) in [4.78, 5) is 26.8. The third kappa shape index (κ3) is 6.85. The molecule has 0 bridgehead atoms. The fourth-order valence-corrected chi connectivity index (χ4v) is 3.96. The molecule has 1 fully saturated rings. The van der Waals surface area contributed by atoms with E-state index in [4.69, 9.17) is 11.6 Å². The van der Waals surface area contributed by atoms with E-state index in [1.54, 1.807) is 24.3 Å². The normalized spacial score (nSPS) is 16.8. The van der Waals surface area contributed by atoms with Crippen molar-refractivity contribution in [1.29, 1.82) is 0 Å². The van der Waals surface area contributed by atoms with Gasteiger partial charge >= 0.3 is 0 Å². The lowest BCUT2D eigenvalue weighted by molar-refractivity contribution is -0.121. The second kappa shape index (κ2) is 11.1. The van der Waals surface area contributed by atoms with Crippen molar-refractivity contribution in [3.05, 3.63) is 70.2 Å². The van der Waals surface area contributed by atoms with Gasteiger partial charge in [-0.25, -0.2) is 0 Å². The topological polar surface area (TPSA) is 61.4 Å². The maximum Gasteiger partial charge on any atom is 0.251 e. The number of hydrogen-bond donors (Lipinski definition) is 2. The molecule has 5 nitrogen and oxygen atoms in total. The number of nitrogens with zero attached hydrogens (tertiary/aromatic N) is 1. The number of halogens is 1. The SMILES string of the molecule is CC1CCCN(Cc2ccccc2CNC(=O)CCNC(=O)c2ccc(Cl)cc2)C1. The van der Waals surface area contributed by atoms with Gasteiger partial charge in [0.25, 0.3) is 5.91 Å². The average molecular weight is 428 g/mol. The summed E-state index contributed by atoms with van der Waals surface area (Å²) >= 11 is 5.83. The fourth-order valence-electron chi connectivity index (χ4n) is 3.83. The minimum absolute atomic E-state index is 0.0761. The molecule has 2 aromatic rings. The first-order valence-electron chi connectivity index (χ1n) is 10.6. The molecule has 2 N–H and O–H groups in total. The molecule has 1 heterocycles. The predicted molar refractivity (Wildman–Crippen MR) is 120 cm³/mol. The number of benzene rings is 2. The summed E-state index contributed by atoms with van der Waals surface area (Å²) in [6.45, 7) is 6.30. The van der Waals surface area contributed by atoms with Crippen molar-refractivity contribution in [2.24, 2.45) is 5.92 Å². The minimum Gasteiger partial charge on any atom is -0.352 e. The maximum absolute atomic E-state index is 12.2. The lowest BCUT2D eigenvalue weighted by atomic mass is 9.99. The predicted octanol–water partition coefficient (Wildman–Crippen LogP) is 4.01. The number of carbonyl (C=O) groups excluding carboxylic acids is 2. The molecule has 0 aromatic heterocycles. The van der Waals surface area contributed by atoms with Crippen molar-refractivity contribution >= 4 is 23.4 Å². The molecule has 0 aliphatic carbocycles. The summed E-state index contributed by atoms with van der Waals surface area (Å²) in [5, 5.41) is 6.33.